The molecule has 2 aromatic rings. The van der Waals surface area contributed by atoms with Gasteiger partial charge in [0.2, 0.25) is 0 Å². The van der Waals surface area contributed by atoms with E-state index in [4.69, 9.17) is 0 Å². The molecule has 0 saturated carbocycles. The van der Waals surface area contributed by atoms with Crippen LogP contribution in [0.4, 0.5) is 0 Å². The number of hydrogen-bond donors (Lipinski definition) is 1. The van der Waals surface area contributed by atoms with Crippen molar-refractivity contribution in [2.75, 3.05) is 13.2 Å². The Bertz CT molecular complexity index is 595. The Labute approximate surface area is 117 Å². The van der Waals surface area contributed by atoms with E-state index in [0.717, 1.165) is 25.1 Å². The summed E-state index contributed by atoms with van der Waals surface area (Å²) in [6, 6.07) is 9.21. The molecule has 3 rings (SSSR count). The van der Waals surface area contributed by atoms with Crippen LogP contribution < -0.4 is 0 Å². The van der Waals surface area contributed by atoms with E-state index in [2.05, 4.69) is 5.10 Å². The number of amides is 1. The van der Waals surface area contributed by atoms with Gasteiger partial charge in [-0.05, 0) is 37.1 Å². The average Bonchev–Trinajstić information content (AvgIpc) is 3.17. The number of benzene rings is 1. The highest BCUT2D eigenvalue weighted by Gasteiger charge is 2.28. The normalized spacial score (nSPS) is 18.4. The number of aliphatic hydroxyl groups excluding tert-OH is 1. The van der Waals surface area contributed by atoms with Crippen LogP contribution in [-0.2, 0) is 0 Å². The standard InChI is InChI=1S/C15H17N3O2/c19-11-14-6-2-8-17(14)15(20)12-4-1-5-13(10-12)18-9-3-7-16-18/h1,3-5,7,9-10,14,19H,2,6,8,11H2/t14-/m1/s1. The van der Waals surface area contributed by atoms with E-state index < -0.39 is 0 Å². The lowest BCUT2D eigenvalue weighted by molar-refractivity contribution is 0.0677. The fourth-order valence-electron chi connectivity index (χ4n) is 2.66. The molecule has 1 aromatic heterocycles. The number of nitrogens with zero attached hydrogens (tertiary/aromatic N) is 3. The molecule has 0 spiro atoms. The third kappa shape index (κ3) is 2.32. The Hall–Kier alpha value is -2.14. The average molecular weight is 271 g/mol. The molecule has 0 aliphatic carbocycles. The van der Waals surface area contributed by atoms with Crippen molar-refractivity contribution in [3.8, 4) is 5.69 Å². The molecule has 1 atom stereocenters. The van der Waals surface area contributed by atoms with Crippen LogP contribution in [0.25, 0.3) is 5.69 Å². The molecule has 20 heavy (non-hydrogen) atoms. The molecule has 1 N–H and O–H groups in total. The minimum absolute atomic E-state index is 0.0180. The molecule has 104 valence electrons. The van der Waals surface area contributed by atoms with E-state index in [9.17, 15) is 9.90 Å². The molecule has 5 nitrogen and oxygen atoms in total. The van der Waals surface area contributed by atoms with Gasteiger partial charge >= 0.3 is 0 Å². The van der Waals surface area contributed by atoms with Gasteiger partial charge in [-0.15, -0.1) is 0 Å². The highest BCUT2D eigenvalue weighted by atomic mass is 16.3. The fourth-order valence-corrected chi connectivity index (χ4v) is 2.66. The minimum atomic E-state index is -0.0455. The monoisotopic (exact) mass is 271 g/mol. The van der Waals surface area contributed by atoms with E-state index in [1.165, 1.54) is 0 Å². The summed E-state index contributed by atoms with van der Waals surface area (Å²) < 4.78 is 1.73. The molecule has 5 heteroatoms. The van der Waals surface area contributed by atoms with Gasteiger partial charge in [-0.2, -0.15) is 5.10 Å². The number of carbonyl (C=O) groups is 1. The van der Waals surface area contributed by atoms with E-state index in [-0.39, 0.29) is 18.6 Å². The second kappa shape index (κ2) is 5.46. The number of carbonyl (C=O) groups excluding carboxylic acids is 1. The van der Waals surface area contributed by atoms with Crippen molar-refractivity contribution >= 4 is 5.91 Å². The van der Waals surface area contributed by atoms with E-state index in [1.807, 2.05) is 36.5 Å². The molecule has 2 heterocycles. The van der Waals surface area contributed by atoms with Gasteiger partial charge in [0, 0.05) is 24.5 Å². The van der Waals surface area contributed by atoms with E-state index in [1.54, 1.807) is 15.8 Å². The van der Waals surface area contributed by atoms with Crippen LogP contribution in [0.2, 0.25) is 0 Å². The molecule has 0 radical (unpaired) electrons. The Morgan fingerprint density at radius 1 is 1.40 bits per heavy atom. The molecular formula is C15H17N3O2. The molecule has 1 amide bonds. The van der Waals surface area contributed by atoms with Gasteiger partial charge in [0.25, 0.3) is 5.91 Å². The molecule has 1 aromatic carbocycles. The first-order valence-electron chi connectivity index (χ1n) is 6.81. The summed E-state index contributed by atoms with van der Waals surface area (Å²) in [5.41, 5.74) is 1.50. The third-order valence-electron chi connectivity index (χ3n) is 3.71. The first-order chi connectivity index (χ1) is 9.79. The van der Waals surface area contributed by atoms with Crippen LogP contribution in [0.15, 0.2) is 42.7 Å². The SMILES string of the molecule is O=C(c1cccc(-n2cccn2)c1)N1CCC[C@@H]1CO. The topological polar surface area (TPSA) is 58.4 Å². The summed E-state index contributed by atoms with van der Waals surface area (Å²) in [6.45, 7) is 0.751. The lowest BCUT2D eigenvalue weighted by Crippen LogP contribution is -2.37. The lowest BCUT2D eigenvalue weighted by Gasteiger charge is -2.23. The Morgan fingerprint density at radius 2 is 2.30 bits per heavy atom. The number of aliphatic hydroxyl groups is 1. The van der Waals surface area contributed by atoms with Gasteiger partial charge in [-0.25, -0.2) is 4.68 Å². The molecule has 1 aliphatic heterocycles. The van der Waals surface area contributed by atoms with E-state index in [0.29, 0.717) is 5.56 Å². The molecule has 0 bridgehead atoms. The fraction of sp³-hybridized carbons (Fsp3) is 0.333. The number of rotatable bonds is 3. The van der Waals surface area contributed by atoms with Crippen LogP contribution >= 0.6 is 0 Å². The van der Waals surface area contributed by atoms with Gasteiger partial charge in [0.15, 0.2) is 0 Å². The van der Waals surface area contributed by atoms with Crippen LogP contribution in [-0.4, -0.2) is 44.9 Å². The van der Waals surface area contributed by atoms with Crippen LogP contribution in [0, 0.1) is 0 Å². The largest absolute Gasteiger partial charge is 0.394 e. The van der Waals surface area contributed by atoms with Crippen molar-refractivity contribution in [2.24, 2.45) is 0 Å². The Morgan fingerprint density at radius 3 is 3.05 bits per heavy atom. The zero-order chi connectivity index (χ0) is 13.9. The van der Waals surface area contributed by atoms with Crippen molar-refractivity contribution in [3.05, 3.63) is 48.3 Å². The summed E-state index contributed by atoms with van der Waals surface area (Å²) in [5, 5.41) is 13.5. The summed E-state index contributed by atoms with van der Waals surface area (Å²) in [6.07, 6.45) is 5.38. The molecule has 1 aliphatic rings. The Balaban J connectivity index is 1.87. The highest BCUT2D eigenvalue weighted by molar-refractivity contribution is 5.95. The first-order valence-corrected chi connectivity index (χ1v) is 6.81. The quantitative estimate of drug-likeness (QED) is 0.919. The summed E-state index contributed by atoms with van der Waals surface area (Å²) in [5.74, 6) is -0.0180. The Kier molecular flexibility index (Phi) is 3.52. The smallest absolute Gasteiger partial charge is 0.254 e. The second-order valence-electron chi connectivity index (χ2n) is 4.98. The predicted octanol–water partition coefficient (Wildman–Crippen LogP) is 1.47. The van der Waals surface area contributed by atoms with Crippen molar-refractivity contribution < 1.29 is 9.90 Å². The number of aromatic nitrogens is 2. The summed E-state index contributed by atoms with van der Waals surface area (Å²) >= 11 is 0. The van der Waals surface area contributed by atoms with Crippen molar-refractivity contribution in [1.82, 2.24) is 14.7 Å². The van der Waals surface area contributed by atoms with Crippen molar-refractivity contribution in [2.45, 2.75) is 18.9 Å². The van der Waals surface area contributed by atoms with Gasteiger partial charge in [0.1, 0.15) is 0 Å². The zero-order valence-corrected chi connectivity index (χ0v) is 11.1. The third-order valence-corrected chi connectivity index (χ3v) is 3.71. The first kappa shape index (κ1) is 12.9. The molecule has 1 saturated heterocycles. The molecule has 1 fully saturated rings. The lowest BCUT2D eigenvalue weighted by atomic mass is 10.1. The maximum absolute atomic E-state index is 12.5. The van der Waals surface area contributed by atoms with Crippen LogP contribution in [0.3, 0.4) is 0 Å². The number of hydrogen-bond acceptors (Lipinski definition) is 3. The summed E-state index contributed by atoms with van der Waals surface area (Å²) in [4.78, 5) is 14.3. The van der Waals surface area contributed by atoms with E-state index >= 15 is 0 Å². The maximum atomic E-state index is 12.5. The van der Waals surface area contributed by atoms with Gasteiger partial charge < -0.3 is 10.0 Å². The summed E-state index contributed by atoms with van der Waals surface area (Å²) in [7, 11) is 0. The van der Waals surface area contributed by atoms with Gasteiger partial charge in [-0.3, -0.25) is 4.79 Å². The highest BCUT2D eigenvalue weighted by Crippen LogP contribution is 2.20. The van der Waals surface area contributed by atoms with Crippen molar-refractivity contribution in [1.29, 1.82) is 0 Å². The maximum Gasteiger partial charge on any atom is 0.254 e. The molecular weight excluding hydrogens is 254 g/mol. The van der Waals surface area contributed by atoms with Crippen LogP contribution in [0.5, 0.6) is 0 Å². The minimum Gasteiger partial charge on any atom is -0.394 e. The zero-order valence-electron chi connectivity index (χ0n) is 11.1. The van der Waals surface area contributed by atoms with Crippen LogP contribution in [0.1, 0.15) is 23.2 Å². The van der Waals surface area contributed by atoms with Gasteiger partial charge in [0.05, 0.1) is 18.3 Å². The van der Waals surface area contributed by atoms with Gasteiger partial charge in [-0.1, -0.05) is 6.07 Å². The van der Waals surface area contributed by atoms with Crippen molar-refractivity contribution in [3.63, 3.8) is 0 Å². The molecule has 0 unspecified atom stereocenters. The second-order valence-corrected chi connectivity index (χ2v) is 4.98. The predicted molar refractivity (Wildman–Crippen MR) is 74.7 cm³/mol. The number of likely N-dealkylation sites (tertiary alicyclic amines) is 1.